The summed E-state index contributed by atoms with van der Waals surface area (Å²) in [5.74, 6) is -0.259. The standard InChI is InChI=1S/C10H14N2O2/c1-8-6-11-12(7-8)9-4-10(5-9)13-2-3-14-10/h6-7,9H,2-5H2,1H3. The van der Waals surface area contributed by atoms with E-state index in [2.05, 4.69) is 18.2 Å². The maximum atomic E-state index is 5.57. The second-order valence-electron chi connectivity index (χ2n) is 4.17. The highest BCUT2D eigenvalue weighted by molar-refractivity contribution is 5.03. The molecule has 2 heterocycles. The van der Waals surface area contributed by atoms with Crippen LogP contribution in [0.4, 0.5) is 0 Å². The van der Waals surface area contributed by atoms with Gasteiger partial charge >= 0.3 is 0 Å². The molecule has 1 aromatic rings. The van der Waals surface area contributed by atoms with Crippen molar-refractivity contribution in [3.63, 3.8) is 0 Å². The molecule has 1 aliphatic carbocycles. The van der Waals surface area contributed by atoms with Crippen LogP contribution in [-0.2, 0) is 9.47 Å². The summed E-state index contributed by atoms with van der Waals surface area (Å²) in [6.45, 7) is 3.54. The van der Waals surface area contributed by atoms with Crippen LogP contribution in [0.1, 0.15) is 24.4 Å². The molecule has 4 nitrogen and oxygen atoms in total. The smallest absolute Gasteiger partial charge is 0.172 e. The molecule has 1 saturated carbocycles. The highest BCUT2D eigenvalue weighted by Crippen LogP contribution is 2.46. The molecule has 0 bridgehead atoms. The summed E-state index contributed by atoms with van der Waals surface area (Å²) in [6, 6.07) is 0.460. The summed E-state index contributed by atoms with van der Waals surface area (Å²) < 4.78 is 13.2. The molecular formula is C10H14N2O2. The molecule has 2 aliphatic rings. The lowest BCUT2D eigenvalue weighted by Crippen LogP contribution is -2.45. The first-order valence-corrected chi connectivity index (χ1v) is 5.06. The minimum Gasteiger partial charge on any atom is -0.347 e. The van der Waals surface area contributed by atoms with Crippen LogP contribution in [0.2, 0.25) is 0 Å². The number of nitrogens with zero attached hydrogens (tertiary/aromatic N) is 2. The normalized spacial score (nSPS) is 25.5. The lowest BCUT2D eigenvalue weighted by molar-refractivity contribution is -0.227. The van der Waals surface area contributed by atoms with Crippen molar-refractivity contribution >= 4 is 0 Å². The van der Waals surface area contributed by atoms with Crippen LogP contribution in [0.5, 0.6) is 0 Å². The highest BCUT2D eigenvalue weighted by Gasteiger charge is 2.50. The fourth-order valence-electron chi connectivity index (χ4n) is 2.21. The zero-order chi connectivity index (χ0) is 9.60. The highest BCUT2D eigenvalue weighted by atomic mass is 16.7. The van der Waals surface area contributed by atoms with E-state index in [-0.39, 0.29) is 5.79 Å². The summed E-state index contributed by atoms with van der Waals surface area (Å²) in [7, 11) is 0. The third-order valence-corrected chi connectivity index (χ3v) is 3.01. The number of aryl methyl sites for hydroxylation is 1. The number of ether oxygens (including phenoxy) is 2. The SMILES string of the molecule is Cc1cnn(C2CC3(C2)OCCO3)c1. The van der Waals surface area contributed by atoms with Gasteiger partial charge in [0.05, 0.1) is 25.5 Å². The lowest BCUT2D eigenvalue weighted by Gasteiger charge is -2.42. The van der Waals surface area contributed by atoms with E-state index < -0.39 is 0 Å². The molecular weight excluding hydrogens is 180 g/mol. The first-order valence-electron chi connectivity index (χ1n) is 5.06. The second-order valence-corrected chi connectivity index (χ2v) is 4.17. The molecule has 4 heteroatoms. The van der Waals surface area contributed by atoms with Crippen molar-refractivity contribution in [1.82, 2.24) is 9.78 Å². The van der Waals surface area contributed by atoms with Gasteiger partial charge in [0.25, 0.3) is 0 Å². The Labute approximate surface area is 82.8 Å². The van der Waals surface area contributed by atoms with Crippen LogP contribution in [0.25, 0.3) is 0 Å². The van der Waals surface area contributed by atoms with E-state index in [1.807, 2.05) is 10.9 Å². The molecule has 0 unspecified atom stereocenters. The minimum atomic E-state index is -0.259. The van der Waals surface area contributed by atoms with Gasteiger partial charge in [-0.15, -0.1) is 0 Å². The Morgan fingerprint density at radius 2 is 2.14 bits per heavy atom. The Kier molecular flexibility index (Phi) is 1.69. The molecule has 1 aliphatic heterocycles. The van der Waals surface area contributed by atoms with Crippen molar-refractivity contribution in [3.05, 3.63) is 18.0 Å². The number of hydrogen-bond donors (Lipinski definition) is 0. The van der Waals surface area contributed by atoms with E-state index in [0.717, 1.165) is 26.1 Å². The van der Waals surface area contributed by atoms with Gasteiger partial charge < -0.3 is 9.47 Å². The van der Waals surface area contributed by atoms with Gasteiger partial charge in [-0.1, -0.05) is 0 Å². The molecule has 1 spiro atoms. The molecule has 0 atom stereocenters. The van der Waals surface area contributed by atoms with Gasteiger partial charge in [-0.3, -0.25) is 4.68 Å². The van der Waals surface area contributed by atoms with Gasteiger partial charge in [0.15, 0.2) is 5.79 Å². The number of hydrogen-bond acceptors (Lipinski definition) is 3. The molecule has 0 N–H and O–H groups in total. The minimum absolute atomic E-state index is 0.259. The van der Waals surface area contributed by atoms with Crippen molar-refractivity contribution in [1.29, 1.82) is 0 Å². The molecule has 14 heavy (non-hydrogen) atoms. The number of aromatic nitrogens is 2. The first-order chi connectivity index (χ1) is 6.77. The maximum Gasteiger partial charge on any atom is 0.172 e. The largest absolute Gasteiger partial charge is 0.347 e. The topological polar surface area (TPSA) is 36.3 Å². The first kappa shape index (κ1) is 8.44. The quantitative estimate of drug-likeness (QED) is 0.675. The van der Waals surface area contributed by atoms with Crippen LogP contribution in [0.15, 0.2) is 12.4 Å². The van der Waals surface area contributed by atoms with Crippen LogP contribution >= 0.6 is 0 Å². The fourth-order valence-corrected chi connectivity index (χ4v) is 2.21. The van der Waals surface area contributed by atoms with E-state index in [9.17, 15) is 0 Å². The Balaban J connectivity index is 1.69. The van der Waals surface area contributed by atoms with Crippen molar-refractivity contribution in [3.8, 4) is 0 Å². The Morgan fingerprint density at radius 1 is 1.43 bits per heavy atom. The van der Waals surface area contributed by atoms with Crippen molar-refractivity contribution in [2.75, 3.05) is 13.2 Å². The zero-order valence-corrected chi connectivity index (χ0v) is 8.27. The van der Waals surface area contributed by atoms with Crippen LogP contribution < -0.4 is 0 Å². The summed E-state index contributed by atoms with van der Waals surface area (Å²) in [5, 5.41) is 4.30. The zero-order valence-electron chi connectivity index (χ0n) is 8.27. The van der Waals surface area contributed by atoms with Crippen molar-refractivity contribution < 1.29 is 9.47 Å². The van der Waals surface area contributed by atoms with Gasteiger partial charge in [-0.25, -0.2) is 0 Å². The van der Waals surface area contributed by atoms with Gasteiger partial charge in [-0.2, -0.15) is 5.10 Å². The summed E-state index contributed by atoms with van der Waals surface area (Å²) in [5.41, 5.74) is 1.21. The molecule has 0 radical (unpaired) electrons. The van der Waals surface area contributed by atoms with Crippen LogP contribution in [-0.4, -0.2) is 28.8 Å². The predicted octanol–water partition coefficient (Wildman–Crippen LogP) is 1.27. The van der Waals surface area contributed by atoms with E-state index in [0.29, 0.717) is 6.04 Å². The molecule has 2 fully saturated rings. The molecule has 0 amide bonds. The number of rotatable bonds is 1. The molecule has 1 saturated heterocycles. The van der Waals surface area contributed by atoms with E-state index in [1.165, 1.54) is 5.56 Å². The third-order valence-electron chi connectivity index (χ3n) is 3.01. The van der Waals surface area contributed by atoms with Crippen LogP contribution in [0, 0.1) is 6.92 Å². The second kappa shape index (κ2) is 2.81. The molecule has 3 rings (SSSR count). The van der Waals surface area contributed by atoms with Gasteiger partial charge in [0, 0.05) is 19.0 Å². The average molecular weight is 194 g/mol. The molecule has 76 valence electrons. The lowest BCUT2D eigenvalue weighted by atomic mass is 9.85. The maximum absolute atomic E-state index is 5.57. The van der Waals surface area contributed by atoms with Crippen LogP contribution in [0.3, 0.4) is 0 Å². The average Bonchev–Trinajstić information content (AvgIpc) is 2.68. The molecule has 1 aromatic heterocycles. The monoisotopic (exact) mass is 194 g/mol. The Hall–Kier alpha value is -0.870. The Morgan fingerprint density at radius 3 is 2.71 bits per heavy atom. The van der Waals surface area contributed by atoms with Gasteiger partial charge in [0.2, 0.25) is 0 Å². The summed E-state index contributed by atoms with van der Waals surface area (Å²) in [4.78, 5) is 0. The summed E-state index contributed by atoms with van der Waals surface area (Å²) >= 11 is 0. The molecule has 0 aromatic carbocycles. The van der Waals surface area contributed by atoms with E-state index in [4.69, 9.17) is 9.47 Å². The van der Waals surface area contributed by atoms with Crippen molar-refractivity contribution in [2.45, 2.75) is 31.6 Å². The van der Waals surface area contributed by atoms with E-state index >= 15 is 0 Å². The fraction of sp³-hybridized carbons (Fsp3) is 0.700. The summed E-state index contributed by atoms with van der Waals surface area (Å²) in [6.07, 6.45) is 5.84. The third kappa shape index (κ3) is 1.18. The van der Waals surface area contributed by atoms with Gasteiger partial charge in [-0.05, 0) is 12.5 Å². The van der Waals surface area contributed by atoms with E-state index in [1.54, 1.807) is 0 Å². The Bertz CT molecular complexity index is 334. The van der Waals surface area contributed by atoms with Crippen molar-refractivity contribution in [2.24, 2.45) is 0 Å². The van der Waals surface area contributed by atoms with Gasteiger partial charge in [0.1, 0.15) is 0 Å². The predicted molar refractivity (Wildman–Crippen MR) is 49.9 cm³/mol.